The fourth-order valence-corrected chi connectivity index (χ4v) is 5.17. The Hall–Kier alpha value is -1.82. The summed E-state index contributed by atoms with van der Waals surface area (Å²) < 4.78 is 0. The van der Waals surface area contributed by atoms with E-state index in [1.807, 2.05) is 0 Å². The molecule has 0 saturated heterocycles. The Morgan fingerprint density at radius 2 is 0.850 bits per heavy atom. The van der Waals surface area contributed by atoms with Gasteiger partial charge in [0.2, 0.25) is 0 Å². The maximum atomic E-state index is 2.37. The van der Waals surface area contributed by atoms with Gasteiger partial charge in [-0.2, -0.15) is 0 Å². The number of fused-ring (bicyclic) bond motifs is 4. The molecule has 0 radical (unpaired) electrons. The summed E-state index contributed by atoms with van der Waals surface area (Å²) in [5, 5.41) is 0. The van der Waals surface area contributed by atoms with E-state index in [-0.39, 0.29) is 0 Å². The van der Waals surface area contributed by atoms with Gasteiger partial charge in [-0.05, 0) is 94.3 Å². The minimum atomic E-state index is 1.19. The van der Waals surface area contributed by atoms with Gasteiger partial charge in [0.15, 0.2) is 0 Å². The van der Waals surface area contributed by atoms with Gasteiger partial charge in [0, 0.05) is 0 Å². The molecule has 0 nitrogen and oxygen atoms in total. The van der Waals surface area contributed by atoms with Crippen LogP contribution in [-0.4, -0.2) is 0 Å². The molecule has 6 aliphatic rings. The molecule has 0 aliphatic heterocycles. The maximum absolute atomic E-state index is 2.37. The fourth-order valence-electron chi connectivity index (χ4n) is 5.17. The Labute approximate surface area is 119 Å². The van der Waals surface area contributed by atoms with Crippen LogP contribution in [0.2, 0.25) is 0 Å². The van der Waals surface area contributed by atoms with Crippen molar-refractivity contribution in [2.75, 3.05) is 0 Å². The number of hydrogen-bond acceptors (Lipinski definition) is 0. The SMILES string of the molecule is C1=CC2=C(C1)C1=C(C2)C2=C(C1)C1=C(C2)C2=C(C=CC2)C1. The molecule has 0 aromatic heterocycles. The van der Waals surface area contributed by atoms with Crippen LogP contribution < -0.4 is 0 Å². The zero-order valence-electron chi connectivity index (χ0n) is 11.6. The van der Waals surface area contributed by atoms with Gasteiger partial charge in [0.05, 0.1) is 0 Å². The van der Waals surface area contributed by atoms with Gasteiger partial charge in [-0.25, -0.2) is 0 Å². The molecule has 0 heterocycles. The van der Waals surface area contributed by atoms with Gasteiger partial charge in [-0.15, -0.1) is 0 Å². The highest BCUT2D eigenvalue weighted by Crippen LogP contribution is 2.59. The first kappa shape index (κ1) is 9.99. The molecule has 96 valence electrons. The van der Waals surface area contributed by atoms with Gasteiger partial charge in [0.1, 0.15) is 0 Å². The molecule has 0 amide bonds. The van der Waals surface area contributed by atoms with Gasteiger partial charge in [-0.3, -0.25) is 0 Å². The molecule has 0 atom stereocenters. The molecule has 0 fully saturated rings. The van der Waals surface area contributed by atoms with Crippen LogP contribution in [0.4, 0.5) is 0 Å². The molecular weight excluding hydrogens is 240 g/mol. The first-order valence-electron chi connectivity index (χ1n) is 7.85. The topological polar surface area (TPSA) is 0 Å². The van der Waals surface area contributed by atoms with Crippen LogP contribution in [0.3, 0.4) is 0 Å². The molecule has 0 spiro atoms. The lowest BCUT2D eigenvalue weighted by molar-refractivity contribution is 1.09. The summed E-state index contributed by atoms with van der Waals surface area (Å²) >= 11 is 0. The van der Waals surface area contributed by atoms with Crippen LogP contribution in [0.5, 0.6) is 0 Å². The van der Waals surface area contributed by atoms with E-state index in [2.05, 4.69) is 24.3 Å². The second kappa shape index (κ2) is 3.09. The van der Waals surface area contributed by atoms with E-state index >= 15 is 0 Å². The first-order valence-corrected chi connectivity index (χ1v) is 7.85. The summed E-state index contributed by atoms with van der Waals surface area (Å²) in [4.78, 5) is 0. The summed E-state index contributed by atoms with van der Waals surface area (Å²) in [6, 6.07) is 0. The van der Waals surface area contributed by atoms with E-state index in [4.69, 9.17) is 0 Å². The van der Waals surface area contributed by atoms with Crippen molar-refractivity contribution in [1.29, 1.82) is 0 Å². The monoisotopic (exact) mass is 256 g/mol. The van der Waals surface area contributed by atoms with E-state index in [9.17, 15) is 0 Å². The van der Waals surface area contributed by atoms with Crippen molar-refractivity contribution < 1.29 is 0 Å². The number of rotatable bonds is 0. The average molecular weight is 256 g/mol. The van der Waals surface area contributed by atoms with E-state index in [0.717, 1.165) is 0 Å². The van der Waals surface area contributed by atoms with E-state index < -0.39 is 0 Å². The van der Waals surface area contributed by atoms with Gasteiger partial charge >= 0.3 is 0 Å². The lowest BCUT2D eigenvalue weighted by Crippen LogP contribution is -1.90. The highest BCUT2D eigenvalue weighted by molar-refractivity contribution is 5.75. The lowest BCUT2D eigenvalue weighted by Gasteiger charge is -2.08. The van der Waals surface area contributed by atoms with Crippen molar-refractivity contribution in [3.05, 3.63) is 80.0 Å². The van der Waals surface area contributed by atoms with E-state index in [1.165, 1.54) is 38.5 Å². The van der Waals surface area contributed by atoms with Crippen LogP contribution in [0, 0.1) is 0 Å². The van der Waals surface area contributed by atoms with Crippen LogP contribution >= 0.6 is 0 Å². The summed E-state index contributed by atoms with van der Waals surface area (Å²) in [6.45, 7) is 0. The largest absolute Gasteiger partial charge is 0.0798 e. The summed E-state index contributed by atoms with van der Waals surface area (Å²) in [5.41, 5.74) is 16.9. The van der Waals surface area contributed by atoms with Crippen molar-refractivity contribution in [1.82, 2.24) is 0 Å². The summed E-state index contributed by atoms with van der Waals surface area (Å²) in [7, 11) is 0. The zero-order chi connectivity index (χ0) is 12.8. The number of allylic oxidation sites excluding steroid dienone is 14. The Bertz CT molecular complexity index is 755. The molecule has 0 aromatic carbocycles. The van der Waals surface area contributed by atoms with Crippen molar-refractivity contribution in [2.24, 2.45) is 0 Å². The maximum Gasteiger partial charge on any atom is -0.00140 e. The molecule has 0 heteroatoms. The summed E-state index contributed by atoms with van der Waals surface area (Å²) in [5.74, 6) is 0. The van der Waals surface area contributed by atoms with Crippen LogP contribution in [-0.2, 0) is 0 Å². The highest BCUT2D eigenvalue weighted by Gasteiger charge is 2.41. The quantitative estimate of drug-likeness (QED) is 0.572. The molecule has 0 saturated carbocycles. The molecule has 20 heavy (non-hydrogen) atoms. The molecule has 0 N–H and O–H groups in total. The third kappa shape index (κ3) is 0.964. The van der Waals surface area contributed by atoms with Gasteiger partial charge in [-0.1, -0.05) is 24.3 Å². The minimum Gasteiger partial charge on any atom is -0.0798 e. The third-order valence-corrected chi connectivity index (χ3v) is 6.05. The Morgan fingerprint density at radius 3 is 1.35 bits per heavy atom. The zero-order valence-corrected chi connectivity index (χ0v) is 11.6. The Kier molecular flexibility index (Phi) is 1.54. The van der Waals surface area contributed by atoms with Crippen molar-refractivity contribution in [3.63, 3.8) is 0 Å². The average Bonchev–Trinajstić information content (AvgIpc) is 3.14. The first-order chi connectivity index (χ1) is 9.90. The van der Waals surface area contributed by atoms with Crippen molar-refractivity contribution >= 4 is 0 Å². The van der Waals surface area contributed by atoms with Gasteiger partial charge < -0.3 is 0 Å². The van der Waals surface area contributed by atoms with Crippen LogP contribution in [0.15, 0.2) is 80.0 Å². The normalized spacial score (nSPS) is 28.4. The highest BCUT2D eigenvalue weighted by atomic mass is 14.4. The summed E-state index contributed by atoms with van der Waals surface area (Å²) in [6.07, 6.45) is 16.8. The molecule has 0 aromatic rings. The number of hydrogen-bond donors (Lipinski definition) is 0. The predicted molar refractivity (Wildman–Crippen MR) is 81.1 cm³/mol. The lowest BCUT2D eigenvalue weighted by atomic mass is 9.96. The smallest absolute Gasteiger partial charge is 0.00140 e. The Balaban J connectivity index is 1.39. The third-order valence-electron chi connectivity index (χ3n) is 6.05. The second-order valence-corrected chi connectivity index (χ2v) is 6.80. The van der Waals surface area contributed by atoms with Gasteiger partial charge in [0.25, 0.3) is 0 Å². The predicted octanol–water partition coefficient (Wildman–Crippen LogP) is 5.00. The van der Waals surface area contributed by atoms with E-state index in [1.54, 1.807) is 55.7 Å². The van der Waals surface area contributed by atoms with Crippen LogP contribution in [0.1, 0.15) is 38.5 Å². The van der Waals surface area contributed by atoms with Crippen LogP contribution in [0.25, 0.3) is 0 Å². The Morgan fingerprint density at radius 1 is 0.450 bits per heavy atom. The molecular formula is C20H16. The molecule has 0 bridgehead atoms. The van der Waals surface area contributed by atoms with E-state index in [0.29, 0.717) is 0 Å². The fraction of sp³-hybridized carbons (Fsp3) is 0.300. The molecule has 6 aliphatic carbocycles. The second-order valence-electron chi connectivity index (χ2n) is 6.80. The van der Waals surface area contributed by atoms with Crippen molar-refractivity contribution in [3.8, 4) is 0 Å². The standard InChI is InChI=1S/C20H16/c1-3-11-7-15-17(13(11)5-1)9-19-16-8-12-4-2-6-14(12)18(16)10-20(15)19/h1-4H,5-10H2. The van der Waals surface area contributed by atoms with Crippen molar-refractivity contribution in [2.45, 2.75) is 38.5 Å². The molecule has 6 rings (SSSR count). The molecule has 0 unspecified atom stereocenters. The minimum absolute atomic E-state index is 1.19.